The Labute approximate surface area is 121 Å². The van der Waals surface area contributed by atoms with Crippen molar-refractivity contribution in [3.63, 3.8) is 0 Å². The van der Waals surface area contributed by atoms with Crippen LogP contribution in [0.25, 0.3) is 11.3 Å². The molecule has 0 bridgehead atoms. The number of aromatic nitrogens is 2. The first kappa shape index (κ1) is 13.9. The van der Waals surface area contributed by atoms with Crippen molar-refractivity contribution >= 4 is 5.82 Å². The monoisotopic (exact) mass is 292 g/mol. The van der Waals surface area contributed by atoms with Gasteiger partial charge in [-0.3, -0.25) is 0 Å². The number of hydrogen-bond acceptors (Lipinski definition) is 3. The van der Waals surface area contributed by atoms with Crippen LogP contribution in [-0.4, -0.2) is 9.66 Å². The van der Waals surface area contributed by atoms with Crippen molar-refractivity contribution in [1.29, 1.82) is 0 Å². The van der Waals surface area contributed by atoms with E-state index >= 15 is 0 Å². The topological polar surface area (TPSA) is 69.9 Å². The van der Waals surface area contributed by atoms with Crippen molar-refractivity contribution in [2.24, 2.45) is 0 Å². The number of nitrogens with zero attached hydrogens (tertiary/aromatic N) is 2. The first-order valence-corrected chi connectivity index (χ1v) is 7.16. The highest BCUT2D eigenvalue weighted by Crippen LogP contribution is 2.35. The maximum atomic E-state index is 13.9. The maximum absolute atomic E-state index is 13.9. The summed E-state index contributed by atoms with van der Waals surface area (Å²) in [6.07, 6.45) is 5.52. The van der Waals surface area contributed by atoms with Crippen LogP contribution in [-0.2, 0) is 0 Å². The Bertz CT molecular complexity index is 660. The van der Waals surface area contributed by atoms with Crippen molar-refractivity contribution in [2.75, 3.05) is 11.6 Å². The Morgan fingerprint density at radius 3 is 2.52 bits per heavy atom. The highest BCUT2D eigenvalue weighted by molar-refractivity contribution is 5.71. The van der Waals surface area contributed by atoms with Crippen molar-refractivity contribution in [2.45, 2.75) is 38.0 Å². The second kappa shape index (κ2) is 5.35. The van der Waals surface area contributed by atoms with Crippen molar-refractivity contribution in [3.8, 4) is 11.3 Å². The van der Waals surface area contributed by atoms with Crippen LogP contribution in [0.5, 0.6) is 0 Å². The largest absolute Gasteiger partial charge is 0.382 e. The molecule has 1 saturated carbocycles. The van der Waals surface area contributed by atoms with E-state index in [0.717, 1.165) is 31.7 Å². The third-order valence-electron chi connectivity index (χ3n) is 4.13. The first-order chi connectivity index (χ1) is 10.1. The molecular weight excluding hydrogens is 274 g/mol. The fraction of sp³-hybridized carbons (Fsp3) is 0.400. The highest BCUT2D eigenvalue weighted by Gasteiger charge is 2.25. The van der Waals surface area contributed by atoms with Gasteiger partial charge in [-0.2, -0.15) is 0 Å². The van der Waals surface area contributed by atoms with Crippen LogP contribution in [0.4, 0.5) is 14.6 Å². The quantitative estimate of drug-likeness (QED) is 0.835. The molecule has 1 aliphatic carbocycles. The van der Waals surface area contributed by atoms with Crippen LogP contribution in [0.1, 0.15) is 43.8 Å². The van der Waals surface area contributed by atoms with E-state index in [4.69, 9.17) is 11.6 Å². The third kappa shape index (κ3) is 2.46. The summed E-state index contributed by atoms with van der Waals surface area (Å²) in [4.78, 5) is 4.44. The van der Waals surface area contributed by atoms with E-state index in [1.165, 1.54) is 23.2 Å². The predicted octanol–water partition coefficient (Wildman–Crippen LogP) is 3.17. The molecule has 0 unspecified atom stereocenters. The van der Waals surface area contributed by atoms with Crippen LogP contribution < -0.4 is 11.6 Å². The Balaban J connectivity index is 2.03. The standard InChI is InChI=1S/C15H18F2N4/c16-10-6-7-11(12(17)8-10)13-14(18)21(19)15(20-13)9-4-2-1-3-5-9/h6-9H,1-5,18-19H2. The second-order valence-electron chi connectivity index (χ2n) is 5.53. The summed E-state index contributed by atoms with van der Waals surface area (Å²) in [6.45, 7) is 0. The van der Waals surface area contributed by atoms with Gasteiger partial charge < -0.3 is 11.6 Å². The number of imidazole rings is 1. The number of nitrogens with two attached hydrogens (primary N) is 2. The van der Waals surface area contributed by atoms with Gasteiger partial charge in [-0.1, -0.05) is 19.3 Å². The first-order valence-electron chi connectivity index (χ1n) is 7.16. The molecule has 0 spiro atoms. The van der Waals surface area contributed by atoms with Gasteiger partial charge in [0.25, 0.3) is 0 Å². The zero-order valence-corrected chi connectivity index (χ0v) is 11.6. The molecule has 1 aromatic heterocycles. The van der Waals surface area contributed by atoms with Crippen LogP contribution in [0.3, 0.4) is 0 Å². The summed E-state index contributed by atoms with van der Waals surface area (Å²) in [5, 5.41) is 0. The van der Waals surface area contributed by atoms with Crippen LogP contribution >= 0.6 is 0 Å². The normalized spacial score (nSPS) is 16.3. The van der Waals surface area contributed by atoms with Crippen molar-refractivity contribution < 1.29 is 8.78 Å². The molecule has 4 nitrogen and oxygen atoms in total. The minimum atomic E-state index is -0.685. The van der Waals surface area contributed by atoms with Crippen molar-refractivity contribution in [3.05, 3.63) is 35.7 Å². The van der Waals surface area contributed by atoms with Crippen molar-refractivity contribution in [1.82, 2.24) is 9.66 Å². The molecule has 0 radical (unpaired) electrons. The highest BCUT2D eigenvalue weighted by atomic mass is 19.1. The van der Waals surface area contributed by atoms with Gasteiger partial charge >= 0.3 is 0 Å². The Hall–Kier alpha value is -2.11. The number of rotatable bonds is 2. The van der Waals surface area contributed by atoms with Gasteiger partial charge in [0.05, 0.1) is 0 Å². The number of benzene rings is 1. The van der Waals surface area contributed by atoms with Gasteiger partial charge in [0.2, 0.25) is 0 Å². The van der Waals surface area contributed by atoms with E-state index < -0.39 is 11.6 Å². The molecule has 0 saturated heterocycles. The van der Waals surface area contributed by atoms with Gasteiger partial charge in [0.15, 0.2) is 5.82 Å². The number of halogens is 2. The molecule has 0 amide bonds. The predicted molar refractivity (Wildman–Crippen MR) is 78.0 cm³/mol. The van der Waals surface area contributed by atoms with E-state index in [0.29, 0.717) is 5.82 Å². The summed E-state index contributed by atoms with van der Waals surface area (Å²) in [5.41, 5.74) is 6.43. The molecule has 1 aliphatic rings. The zero-order chi connectivity index (χ0) is 15.0. The molecule has 3 rings (SSSR count). The summed E-state index contributed by atoms with van der Waals surface area (Å²) in [5.74, 6) is 5.82. The van der Waals surface area contributed by atoms with Gasteiger partial charge in [0, 0.05) is 17.5 Å². The Kier molecular flexibility index (Phi) is 3.53. The van der Waals surface area contributed by atoms with Gasteiger partial charge in [-0.15, -0.1) is 0 Å². The summed E-state index contributed by atoms with van der Waals surface area (Å²) >= 11 is 0. The molecular formula is C15H18F2N4. The Morgan fingerprint density at radius 2 is 1.86 bits per heavy atom. The van der Waals surface area contributed by atoms with E-state index in [1.54, 1.807) is 0 Å². The van der Waals surface area contributed by atoms with Crippen LogP contribution in [0, 0.1) is 11.6 Å². The zero-order valence-electron chi connectivity index (χ0n) is 11.6. The van der Waals surface area contributed by atoms with E-state index in [2.05, 4.69) is 4.98 Å². The molecule has 0 atom stereocenters. The molecule has 1 aromatic carbocycles. The molecule has 1 fully saturated rings. The lowest BCUT2D eigenvalue weighted by atomic mass is 9.89. The van der Waals surface area contributed by atoms with Crippen LogP contribution in [0.15, 0.2) is 18.2 Å². The molecule has 1 heterocycles. The number of hydrogen-bond donors (Lipinski definition) is 2. The van der Waals surface area contributed by atoms with Gasteiger partial charge in [0.1, 0.15) is 23.2 Å². The lowest BCUT2D eigenvalue weighted by Crippen LogP contribution is -2.19. The fourth-order valence-corrected chi connectivity index (χ4v) is 2.99. The number of anilines is 1. The summed E-state index contributed by atoms with van der Waals surface area (Å²) in [7, 11) is 0. The molecule has 4 N–H and O–H groups in total. The number of nitrogen functional groups attached to an aromatic ring is 2. The Morgan fingerprint density at radius 1 is 1.14 bits per heavy atom. The van der Waals surface area contributed by atoms with Crippen LogP contribution in [0.2, 0.25) is 0 Å². The average molecular weight is 292 g/mol. The lowest BCUT2D eigenvalue weighted by molar-refractivity contribution is 0.424. The minimum absolute atomic E-state index is 0.176. The fourth-order valence-electron chi connectivity index (χ4n) is 2.99. The molecule has 0 aliphatic heterocycles. The van der Waals surface area contributed by atoms with E-state index in [9.17, 15) is 8.78 Å². The lowest BCUT2D eigenvalue weighted by Gasteiger charge is -2.20. The molecule has 112 valence electrons. The maximum Gasteiger partial charge on any atom is 0.150 e. The molecule has 6 heteroatoms. The van der Waals surface area contributed by atoms with E-state index in [-0.39, 0.29) is 23.0 Å². The summed E-state index contributed by atoms with van der Waals surface area (Å²) in [6, 6.07) is 3.35. The smallest absolute Gasteiger partial charge is 0.150 e. The minimum Gasteiger partial charge on any atom is -0.382 e. The summed E-state index contributed by atoms with van der Waals surface area (Å²) < 4.78 is 28.3. The van der Waals surface area contributed by atoms with Gasteiger partial charge in [-0.05, 0) is 25.0 Å². The van der Waals surface area contributed by atoms with E-state index in [1.807, 2.05) is 0 Å². The SMILES string of the molecule is Nc1c(-c2ccc(F)cc2F)nc(C2CCCCC2)n1N. The molecule has 21 heavy (non-hydrogen) atoms. The third-order valence-corrected chi connectivity index (χ3v) is 4.13. The average Bonchev–Trinajstić information content (AvgIpc) is 2.77. The van der Waals surface area contributed by atoms with Gasteiger partial charge in [-0.25, -0.2) is 18.4 Å². The second-order valence-corrected chi connectivity index (χ2v) is 5.53. The molecule has 2 aromatic rings.